The van der Waals surface area contributed by atoms with Crippen LogP contribution in [0, 0.1) is 6.92 Å². The number of nitrogens with zero attached hydrogens (tertiary/aromatic N) is 1. The van der Waals surface area contributed by atoms with Gasteiger partial charge in [-0.2, -0.15) is 13.2 Å². The number of benzene rings is 1. The zero-order chi connectivity index (χ0) is 18.7. The van der Waals surface area contributed by atoms with Crippen molar-refractivity contribution in [3.8, 4) is 5.75 Å². The maximum atomic E-state index is 12.4. The summed E-state index contributed by atoms with van der Waals surface area (Å²) in [6, 6.07) is 5.15. The topological polar surface area (TPSA) is 54.9 Å². The Kier molecular flexibility index (Phi) is 9.12. The minimum Gasteiger partial charge on any atom is -0.484 e. The largest absolute Gasteiger partial charge is 0.484 e. The van der Waals surface area contributed by atoms with Crippen LogP contribution in [0.1, 0.15) is 24.5 Å². The van der Waals surface area contributed by atoms with Crippen LogP contribution in [0.3, 0.4) is 0 Å². The number of hydrogen-bond donors (Lipinski definition) is 2. The molecular formula is C17H26F3N3O2. The van der Waals surface area contributed by atoms with Crippen LogP contribution in [0.25, 0.3) is 0 Å². The Hall–Kier alpha value is -1.96. The Morgan fingerprint density at radius 3 is 2.64 bits per heavy atom. The molecule has 0 heterocycles. The summed E-state index contributed by atoms with van der Waals surface area (Å²) in [5.41, 5.74) is 1.43. The van der Waals surface area contributed by atoms with E-state index in [2.05, 4.69) is 15.6 Å². The monoisotopic (exact) mass is 361 g/mol. The zero-order valence-corrected chi connectivity index (χ0v) is 14.9. The van der Waals surface area contributed by atoms with E-state index in [1.807, 2.05) is 13.0 Å². The van der Waals surface area contributed by atoms with Gasteiger partial charge in [-0.1, -0.05) is 12.1 Å². The van der Waals surface area contributed by atoms with Gasteiger partial charge in [0.25, 0.3) is 0 Å². The van der Waals surface area contributed by atoms with Crippen LogP contribution in [0.4, 0.5) is 13.2 Å². The summed E-state index contributed by atoms with van der Waals surface area (Å²) >= 11 is 0. The maximum absolute atomic E-state index is 12.4. The van der Waals surface area contributed by atoms with E-state index in [1.165, 1.54) is 0 Å². The van der Waals surface area contributed by atoms with Crippen molar-refractivity contribution in [3.63, 3.8) is 0 Å². The van der Waals surface area contributed by atoms with Gasteiger partial charge in [0, 0.05) is 32.4 Å². The molecule has 8 heteroatoms. The molecule has 0 aliphatic rings. The summed E-state index contributed by atoms with van der Waals surface area (Å²) in [5, 5.41) is 6.25. The average Bonchev–Trinajstić information content (AvgIpc) is 2.55. The van der Waals surface area contributed by atoms with E-state index in [1.54, 1.807) is 26.2 Å². The molecule has 0 aromatic heterocycles. The zero-order valence-electron chi connectivity index (χ0n) is 14.9. The van der Waals surface area contributed by atoms with Crippen molar-refractivity contribution in [1.82, 2.24) is 10.6 Å². The predicted octanol–water partition coefficient (Wildman–Crippen LogP) is 3.03. The van der Waals surface area contributed by atoms with Crippen LogP contribution in [-0.4, -0.2) is 45.5 Å². The molecule has 0 atom stereocenters. The van der Waals surface area contributed by atoms with Crippen LogP contribution in [-0.2, 0) is 11.3 Å². The van der Waals surface area contributed by atoms with E-state index in [4.69, 9.17) is 9.47 Å². The number of aliphatic imine (C=N–C) groups is 1. The summed E-state index contributed by atoms with van der Waals surface area (Å²) in [5.74, 6) is 0.803. The molecule has 2 N–H and O–H groups in total. The Labute approximate surface area is 146 Å². The van der Waals surface area contributed by atoms with Crippen molar-refractivity contribution >= 4 is 5.96 Å². The highest BCUT2D eigenvalue weighted by Crippen LogP contribution is 2.24. The van der Waals surface area contributed by atoms with Crippen molar-refractivity contribution in [1.29, 1.82) is 0 Å². The predicted molar refractivity (Wildman–Crippen MR) is 92.0 cm³/mol. The number of nitrogens with one attached hydrogen (secondary N) is 2. The van der Waals surface area contributed by atoms with Crippen molar-refractivity contribution in [2.75, 3.05) is 33.4 Å². The first kappa shape index (κ1) is 21.1. The first-order chi connectivity index (χ1) is 11.9. The van der Waals surface area contributed by atoms with Gasteiger partial charge < -0.3 is 20.1 Å². The molecule has 0 saturated heterocycles. The molecule has 5 nitrogen and oxygen atoms in total. The highest BCUT2D eigenvalue weighted by atomic mass is 19.4. The number of guanidine groups is 1. The summed E-state index contributed by atoms with van der Waals surface area (Å²) in [6.45, 7) is 4.65. The van der Waals surface area contributed by atoms with Gasteiger partial charge in [-0.15, -0.1) is 0 Å². The van der Waals surface area contributed by atoms with Crippen molar-refractivity contribution in [3.05, 3.63) is 29.3 Å². The standard InChI is InChI=1S/C17H26F3N3O2/c1-4-21-16(22-8-5-9-24-3)23-11-14-7-6-13(2)10-15(14)25-12-17(18,19)20/h6-7,10H,4-5,8-9,11-12H2,1-3H3,(H2,21,22,23). The second kappa shape index (κ2) is 10.8. The van der Waals surface area contributed by atoms with Crippen molar-refractivity contribution in [2.24, 2.45) is 4.99 Å². The molecular weight excluding hydrogens is 335 g/mol. The number of alkyl halides is 3. The Bertz CT molecular complexity index is 548. The average molecular weight is 361 g/mol. The number of hydrogen-bond acceptors (Lipinski definition) is 3. The summed E-state index contributed by atoms with van der Waals surface area (Å²) < 4.78 is 47.1. The molecule has 0 spiro atoms. The van der Waals surface area contributed by atoms with Gasteiger partial charge in [0.05, 0.1) is 6.54 Å². The molecule has 0 aliphatic carbocycles. The third-order valence-corrected chi connectivity index (χ3v) is 3.18. The molecule has 0 fully saturated rings. The molecule has 1 aromatic rings. The fourth-order valence-corrected chi connectivity index (χ4v) is 2.02. The molecule has 0 aliphatic heterocycles. The number of aryl methyl sites for hydroxylation is 1. The van der Waals surface area contributed by atoms with Gasteiger partial charge in [0.1, 0.15) is 5.75 Å². The van der Waals surface area contributed by atoms with Crippen molar-refractivity contribution in [2.45, 2.75) is 33.0 Å². The normalized spacial score (nSPS) is 12.2. The van der Waals surface area contributed by atoms with E-state index in [9.17, 15) is 13.2 Å². The van der Waals surface area contributed by atoms with E-state index in [-0.39, 0.29) is 12.3 Å². The van der Waals surface area contributed by atoms with Gasteiger partial charge >= 0.3 is 6.18 Å². The third-order valence-electron chi connectivity index (χ3n) is 3.18. The van der Waals surface area contributed by atoms with Crippen LogP contribution in [0.5, 0.6) is 5.75 Å². The molecule has 1 aromatic carbocycles. The van der Waals surface area contributed by atoms with Crippen LogP contribution in [0.15, 0.2) is 23.2 Å². The molecule has 0 saturated carbocycles. The second-order valence-electron chi connectivity index (χ2n) is 5.48. The highest BCUT2D eigenvalue weighted by Gasteiger charge is 2.28. The smallest absolute Gasteiger partial charge is 0.422 e. The first-order valence-corrected chi connectivity index (χ1v) is 8.16. The fourth-order valence-electron chi connectivity index (χ4n) is 2.02. The minimum atomic E-state index is -4.37. The number of ether oxygens (including phenoxy) is 2. The Balaban J connectivity index is 2.76. The lowest BCUT2D eigenvalue weighted by atomic mass is 10.1. The van der Waals surface area contributed by atoms with Gasteiger partial charge in [0.15, 0.2) is 12.6 Å². The lowest BCUT2D eigenvalue weighted by molar-refractivity contribution is -0.153. The molecule has 142 valence electrons. The van der Waals surface area contributed by atoms with Gasteiger partial charge in [0.2, 0.25) is 0 Å². The molecule has 0 amide bonds. The van der Waals surface area contributed by atoms with Gasteiger partial charge in [-0.25, -0.2) is 4.99 Å². The Morgan fingerprint density at radius 2 is 2.00 bits per heavy atom. The van der Waals surface area contributed by atoms with Gasteiger partial charge in [-0.05, 0) is 31.9 Å². The number of rotatable bonds is 9. The lowest BCUT2D eigenvalue weighted by Crippen LogP contribution is -2.38. The minimum absolute atomic E-state index is 0.205. The highest BCUT2D eigenvalue weighted by molar-refractivity contribution is 5.79. The van der Waals surface area contributed by atoms with Gasteiger partial charge in [-0.3, -0.25) is 0 Å². The van der Waals surface area contributed by atoms with Crippen LogP contribution in [0.2, 0.25) is 0 Å². The quantitative estimate of drug-likeness (QED) is 0.403. The molecule has 25 heavy (non-hydrogen) atoms. The molecule has 0 radical (unpaired) electrons. The maximum Gasteiger partial charge on any atom is 0.422 e. The summed E-state index contributed by atoms with van der Waals surface area (Å²) in [7, 11) is 1.64. The van der Waals surface area contributed by atoms with Crippen LogP contribution < -0.4 is 15.4 Å². The number of methoxy groups -OCH3 is 1. The molecule has 0 unspecified atom stereocenters. The second-order valence-corrected chi connectivity index (χ2v) is 5.48. The first-order valence-electron chi connectivity index (χ1n) is 8.16. The van der Waals surface area contributed by atoms with E-state index in [0.29, 0.717) is 31.2 Å². The summed E-state index contributed by atoms with van der Waals surface area (Å²) in [6.07, 6.45) is -3.55. The van der Waals surface area contributed by atoms with E-state index in [0.717, 1.165) is 12.0 Å². The summed E-state index contributed by atoms with van der Waals surface area (Å²) in [4.78, 5) is 4.41. The SMILES string of the molecule is CCNC(=NCc1ccc(C)cc1OCC(F)(F)F)NCCCOC. The van der Waals surface area contributed by atoms with E-state index < -0.39 is 12.8 Å². The molecule has 1 rings (SSSR count). The third kappa shape index (κ3) is 9.19. The lowest BCUT2D eigenvalue weighted by Gasteiger charge is -2.14. The molecule has 0 bridgehead atoms. The fraction of sp³-hybridized carbons (Fsp3) is 0.588. The van der Waals surface area contributed by atoms with E-state index >= 15 is 0 Å². The van der Waals surface area contributed by atoms with Crippen molar-refractivity contribution < 1.29 is 22.6 Å². The van der Waals surface area contributed by atoms with Crippen LogP contribution >= 0.6 is 0 Å². The number of halogens is 3. The Morgan fingerprint density at radius 1 is 1.24 bits per heavy atom.